The number of carbonyl (C=O) groups is 1. The van der Waals surface area contributed by atoms with Crippen molar-refractivity contribution in [1.82, 2.24) is 5.32 Å². The van der Waals surface area contributed by atoms with E-state index < -0.39 is 6.10 Å². The summed E-state index contributed by atoms with van der Waals surface area (Å²) >= 11 is 0. The Morgan fingerprint density at radius 2 is 1.80 bits per heavy atom. The molecule has 0 unspecified atom stereocenters. The molecule has 1 fully saturated rings. The standard InChI is InChI=1S/C20H23NO4/c22-20(19-15-23-11-12-25-19)21-18(17-9-5-2-6-10-17)14-24-13-16-7-3-1-4-8-16/h1-10,18-19H,11-15H2,(H,21,22)/t18-,19-/m0/s1. The maximum atomic E-state index is 12.4. The molecule has 1 saturated heterocycles. The molecular weight excluding hydrogens is 318 g/mol. The summed E-state index contributed by atoms with van der Waals surface area (Å²) in [5.74, 6) is -0.170. The van der Waals surface area contributed by atoms with Gasteiger partial charge >= 0.3 is 0 Å². The van der Waals surface area contributed by atoms with E-state index in [1.807, 2.05) is 60.7 Å². The number of carbonyl (C=O) groups excluding carboxylic acids is 1. The van der Waals surface area contributed by atoms with E-state index in [1.165, 1.54) is 0 Å². The van der Waals surface area contributed by atoms with Crippen LogP contribution in [-0.4, -0.2) is 38.4 Å². The molecule has 25 heavy (non-hydrogen) atoms. The van der Waals surface area contributed by atoms with Crippen molar-refractivity contribution in [2.45, 2.75) is 18.8 Å². The van der Waals surface area contributed by atoms with E-state index in [0.29, 0.717) is 26.4 Å². The van der Waals surface area contributed by atoms with E-state index in [9.17, 15) is 4.79 Å². The molecule has 0 radical (unpaired) electrons. The molecule has 2 aromatic rings. The Labute approximate surface area is 147 Å². The Kier molecular flexibility index (Phi) is 6.56. The third kappa shape index (κ3) is 5.39. The van der Waals surface area contributed by atoms with E-state index in [2.05, 4.69) is 5.32 Å². The van der Waals surface area contributed by atoms with Gasteiger partial charge in [-0.25, -0.2) is 0 Å². The molecule has 1 heterocycles. The van der Waals surface area contributed by atoms with Crippen molar-refractivity contribution in [3.63, 3.8) is 0 Å². The van der Waals surface area contributed by atoms with Gasteiger partial charge in [0.2, 0.25) is 0 Å². The second kappa shape index (κ2) is 9.32. The lowest BCUT2D eigenvalue weighted by Gasteiger charge is -2.25. The van der Waals surface area contributed by atoms with Gasteiger partial charge < -0.3 is 19.5 Å². The van der Waals surface area contributed by atoms with Crippen LogP contribution < -0.4 is 5.32 Å². The SMILES string of the molecule is O=C(N[C@@H](COCc1ccccc1)c1ccccc1)[C@@H]1COCCO1. The highest BCUT2D eigenvalue weighted by molar-refractivity contribution is 5.81. The molecule has 1 aliphatic heterocycles. The number of hydrogen-bond donors (Lipinski definition) is 1. The van der Waals surface area contributed by atoms with Crippen molar-refractivity contribution in [1.29, 1.82) is 0 Å². The van der Waals surface area contributed by atoms with Crippen LogP contribution >= 0.6 is 0 Å². The summed E-state index contributed by atoms with van der Waals surface area (Å²) in [5, 5.41) is 3.02. The molecule has 0 aliphatic carbocycles. The Morgan fingerprint density at radius 1 is 1.08 bits per heavy atom. The Balaban J connectivity index is 1.60. The molecule has 2 aromatic carbocycles. The molecule has 132 valence electrons. The fourth-order valence-corrected chi connectivity index (χ4v) is 2.68. The first kappa shape index (κ1) is 17.6. The van der Waals surface area contributed by atoms with E-state index in [1.54, 1.807) is 0 Å². The van der Waals surface area contributed by atoms with Gasteiger partial charge in [0.05, 0.1) is 39.1 Å². The predicted octanol–water partition coefficient (Wildman–Crippen LogP) is 2.48. The molecule has 1 N–H and O–H groups in total. The minimum absolute atomic E-state index is 0.170. The van der Waals surface area contributed by atoms with E-state index in [-0.39, 0.29) is 18.6 Å². The van der Waals surface area contributed by atoms with E-state index in [0.717, 1.165) is 11.1 Å². The number of ether oxygens (including phenoxy) is 3. The van der Waals surface area contributed by atoms with Gasteiger partial charge in [0.1, 0.15) is 0 Å². The summed E-state index contributed by atoms with van der Waals surface area (Å²) in [5.41, 5.74) is 2.10. The van der Waals surface area contributed by atoms with Crippen LogP contribution in [0.1, 0.15) is 17.2 Å². The van der Waals surface area contributed by atoms with Crippen molar-refractivity contribution in [2.75, 3.05) is 26.4 Å². The highest BCUT2D eigenvalue weighted by atomic mass is 16.6. The monoisotopic (exact) mass is 341 g/mol. The lowest BCUT2D eigenvalue weighted by molar-refractivity contribution is -0.148. The molecule has 1 aliphatic rings. The lowest BCUT2D eigenvalue weighted by atomic mass is 10.1. The highest BCUT2D eigenvalue weighted by Crippen LogP contribution is 2.15. The first-order valence-corrected chi connectivity index (χ1v) is 8.49. The summed E-state index contributed by atoms with van der Waals surface area (Å²) in [6.07, 6.45) is -0.561. The van der Waals surface area contributed by atoms with Crippen LogP contribution in [0.3, 0.4) is 0 Å². The zero-order chi connectivity index (χ0) is 17.3. The average molecular weight is 341 g/mol. The third-order valence-corrected chi connectivity index (χ3v) is 4.02. The number of rotatable bonds is 7. The minimum atomic E-state index is -0.561. The van der Waals surface area contributed by atoms with Gasteiger partial charge in [-0.3, -0.25) is 4.79 Å². The number of amides is 1. The molecular formula is C20H23NO4. The normalized spacial score (nSPS) is 18.5. The summed E-state index contributed by atoms with van der Waals surface area (Å²) in [4.78, 5) is 12.4. The van der Waals surface area contributed by atoms with Crippen LogP contribution in [-0.2, 0) is 25.6 Å². The molecule has 3 rings (SSSR count). The number of benzene rings is 2. The lowest BCUT2D eigenvalue weighted by Crippen LogP contribution is -2.44. The molecule has 5 nitrogen and oxygen atoms in total. The fourth-order valence-electron chi connectivity index (χ4n) is 2.68. The van der Waals surface area contributed by atoms with Gasteiger partial charge in [-0.05, 0) is 11.1 Å². The fraction of sp³-hybridized carbons (Fsp3) is 0.350. The quantitative estimate of drug-likeness (QED) is 0.841. The predicted molar refractivity (Wildman–Crippen MR) is 94.0 cm³/mol. The Bertz CT molecular complexity index is 641. The largest absolute Gasteiger partial charge is 0.376 e. The average Bonchev–Trinajstić information content (AvgIpc) is 2.69. The van der Waals surface area contributed by atoms with Crippen LogP contribution in [0.15, 0.2) is 60.7 Å². The maximum Gasteiger partial charge on any atom is 0.252 e. The van der Waals surface area contributed by atoms with Gasteiger partial charge in [0, 0.05) is 0 Å². The highest BCUT2D eigenvalue weighted by Gasteiger charge is 2.25. The maximum absolute atomic E-state index is 12.4. The molecule has 0 saturated carbocycles. The van der Waals surface area contributed by atoms with Crippen molar-refractivity contribution < 1.29 is 19.0 Å². The van der Waals surface area contributed by atoms with Crippen LogP contribution in [0.25, 0.3) is 0 Å². The Morgan fingerprint density at radius 3 is 2.48 bits per heavy atom. The van der Waals surface area contributed by atoms with Crippen molar-refractivity contribution in [2.24, 2.45) is 0 Å². The molecule has 1 amide bonds. The molecule has 0 bridgehead atoms. The van der Waals surface area contributed by atoms with Crippen molar-refractivity contribution in [3.8, 4) is 0 Å². The van der Waals surface area contributed by atoms with Gasteiger partial charge in [-0.1, -0.05) is 60.7 Å². The van der Waals surface area contributed by atoms with Crippen LogP contribution in [0, 0.1) is 0 Å². The smallest absolute Gasteiger partial charge is 0.252 e. The molecule has 0 aromatic heterocycles. The summed E-state index contributed by atoms with van der Waals surface area (Å²) < 4.78 is 16.6. The summed E-state index contributed by atoms with van der Waals surface area (Å²) in [6, 6.07) is 19.6. The van der Waals surface area contributed by atoms with E-state index >= 15 is 0 Å². The topological polar surface area (TPSA) is 56.8 Å². The second-order valence-corrected chi connectivity index (χ2v) is 5.91. The van der Waals surface area contributed by atoms with Crippen molar-refractivity contribution >= 4 is 5.91 Å². The molecule has 0 spiro atoms. The van der Waals surface area contributed by atoms with Crippen LogP contribution in [0.2, 0.25) is 0 Å². The van der Waals surface area contributed by atoms with Gasteiger partial charge in [0.15, 0.2) is 6.10 Å². The third-order valence-electron chi connectivity index (χ3n) is 4.02. The number of hydrogen-bond acceptors (Lipinski definition) is 4. The molecule has 2 atom stereocenters. The zero-order valence-corrected chi connectivity index (χ0v) is 14.1. The van der Waals surface area contributed by atoms with Crippen LogP contribution in [0.5, 0.6) is 0 Å². The van der Waals surface area contributed by atoms with Gasteiger partial charge in [0.25, 0.3) is 5.91 Å². The summed E-state index contributed by atoms with van der Waals surface area (Å²) in [6.45, 7) is 2.16. The minimum Gasteiger partial charge on any atom is -0.376 e. The second-order valence-electron chi connectivity index (χ2n) is 5.91. The Hall–Kier alpha value is -2.21. The number of nitrogens with one attached hydrogen (secondary N) is 1. The molecule has 5 heteroatoms. The zero-order valence-electron chi connectivity index (χ0n) is 14.1. The first-order valence-electron chi connectivity index (χ1n) is 8.49. The van der Waals surface area contributed by atoms with Crippen LogP contribution in [0.4, 0.5) is 0 Å². The van der Waals surface area contributed by atoms with Crippen molar-refractivity contribution in [3.05, 3.63) is 71.8 Å². The first-order chi connectivity index (χ1) is 12.3. The van der Waals surface area contributed by atoms with E-state index in [4.69, 9.17) is 14.2 Å². The summed E-state index contributed by atoms with van der Waals surface area (Å²) in [7, 11) is 0. The van der Waals surface area contributed by atoms with Gasteiger partial charge in [-0.15, -0.1) is 0 Å². The van der Waals surface area contributed by atoms with Gasteiger partial charge in [-0.2, -0.15) is 0 Å².